The van der Waals surface area contributed by atoms with Gasteiger partial charge >= 0.3 is 6.09 Å². The van der Waals surface area contributed by atoms with E-state index in [1.807, 2.05) is 6.92 Å². The standard InChI is InChI=1S/C8H6BrNO3S/c1-3-4(9)2-5(14-3)6-7(11)10-8(12)13-6/h2,6H,1H3,(H,10,11,12). The van der Waals surface area contributed by atoms with Crippen molar-refractivity contribution in [2.75, 3.05) is 0 Å². The van der Waals surface area contributed by atoms with Gasteiger partial charge in [-0.2, -0.15) is 0 Å². The third kappa shape index (κ3) is 1.55. The molecular formula is C8H6BrNO3S. The molecule has 2 rings (SSSR count). The van der Waals surface area contributed by atoms with Crippen LogP contribution in [0.2, 0.25) is 0 Å². The molecule has 0 radical (unpaired) electrons. The van der Waals surface area contributed by atoms with Gasteiger partial charge in [-0.05, 0) is 28.9 Å². The van der Waals surface area contributed by atoms with Crippen LogP contribution in [-0.2, 0) is 9.53 Å². The van der Waals surface area contributed by atoms with Crippen molar-refractivity contribution in [3.63, 3.8) is 0 Å². The third-order valence-electron chi connectivity index (χ3n) is 1.82. The van der Waals surface area contributed by atoms with Gasteiger partial charge in [0.1, 0.15) is 0 Å². The van der Waals surface area contributed by atoms with E-state index in [1.54, 1.807) is 6.07 Å². The van der Waals surface area contributed by atoms with Crippen molar-refractivity contribution in [1.29, 1.82) is 0 Å². The zero-order valence-electron chi connectivity index (χ0n) is 7.17. The molecule has 1 aromatic rings. The molecule has 4 nitrogen and oxygen atoms in total. The van der Waals surface area contributed by atoms with Crippen LogP contribution in [0.4, 0.5) is 4.79 Å². The Morgan fingerprint density at radius 3 is 2.71 bits per heavy atom. The van der Waals surface area contributed by atoms with Gasteiger partial charge in [-0.3, -0.25) is 10.1 Å². The maximum absolute atomic E-state index is 11.2. The lowest BCUT2D eigenvalue weighted by molar-refractivity contribution is -0.123. The van der Waals surface area contributed by atoms with Crippen LogP contribution in [0.15, 0.2) is 10.5 Å². The van der Waals surface area contributed by atoms with Gasteiger partial charge in [0.15, 0.2) is 0 Å². The summed E-state index contributed by atoms with van der Waals surface area (Å²) < 4.78 is 5.74. The summed E-state index contributed by atoms with van der Waals surface area (Å²) in [7, 11) is 0. The minimum atomic E-state index is -0.780. The van der Waals surface area contributed by atoms with Crippen LogP contribution in [-0.4, -0.2) is 12.0 Å². The number of hydrogen-bond acceptors (Lipinski definition) is 4. The molecule has 1 aliphatic rings. The normalized spacial score (nSPS) is 20.9. The lowest BCUT2D eigenvalue weighted by Crippen LogP contribution is -2.20. The highest BCUT2D eigenvalue weighted by Crippen LogP contribution is 2.33. The minimum absolute atomic E-state index is 0.399. The fourth-order valence-electron chi connectivity index (χ4n) is 1.15. The number of amides is 2. The summed E-state index contributed by atoms with van der Waals surface area (Å²) in [6, 6.07) is 1.79. The Bertz CT molecular complexity index is 395. The van der Waals surface area contributed by atoms with Crippen LogP contribution in [0, 0.1) is 6.92 Å². The topological polar surface area (TPSA) is 55.4 Å². The van der Waals surface area contributed by atoms with Crippen LogP contribution in [0.3, 0.4) is 0 Å². The van der Waals surface area contributed by atoms with E-state index in [-0.39, 0.29) is 0 Å². The minimum Gasteiger partial charge on any atom is -0.430 e. The quantitative estimate of drug-likeness (QED) is 0.854. The number of alkyl carbamates (subject to hydrolysis) is 1. The number of halogens is 1. The van der Waals surface area contributed by atoms with Crippen molar-refractivity contribution in [2.45, 2.75) is 13.0 Å². The molecule has 74 valence electrons. The monoisotopic (exact) mass is 275 g/mol. The number of nitrogens with one attached hydrogen (secondary N) is 1. The number of imide groups is 1. The molecule has 0 spiro atoms. The lowest BCUT2D eigenvalue weighted by atomic mass is 10.3. The van der Waals surface area contributed by atoms with Crippen LogP contribution < -0.4 is 5.32 Å². The second kappa shape index (κ2) is 3.36. The molecule has 0 bridgehead atoms. The zero-order chi connectivity index (χ0) is 10.3. The van der Waals surface area contributed by atoms with Gasteiger partial charge in [-0.25, -0.2) is 4.79 Å². The number of aryl methyl sites for hydroxylation is 1. The Labute approximate surface area is 92.4 Å². The number of carbonyl (C=O) groups is 2. The van der Waals surface area contributed by atoms with Gasteiger partial charge < -0.3 is 4.74 Å². The number of rotatable bonds is 1. The van der Waals surface area contributed by atoms with Crippen molar-refractivity contribution < 1.29 is 14.3 Å². The molecule has 14 heavy (non-hydrogen) atoms. The maximum atomic E-state index is 11.2. The fourth-order valence-corrected chi connectivity index (χ4v) is 2.74. The Balaban J connectivity index is 2.31. The smallest absolute Gasteiger partial charge is 0.415 e. The van der Waals surface area contributed by atoms with Crippen molar-refractivity contribution in [3.05, 3.63) is 20.3 Å². The number of cyclic esters (lactones) is 1. The summed E-state index contributed by atoms with van der Waals surface area (Å²) in [5, 5.41) is 2.09. The molecule has 2 heterocycles. The van der Waals surface area contributed by atoms with Crippen LogP contribution in [0.1, 0.15) is 15.9 Å². The molecule has 1 fully saturated rings. The second-order valence-corrected chi connectivity index (χ2v) is 4.97. The van der Waals surface area contributed by atoms with Crippen LogP contribution in [0.25, 0.3) is 0 Å². The van der Waals surface area contributed by atoms with Crippen molar-refractivity contribution in [2.24, 2.45) is 0 Å². The molecule has 1 atom stereocenters. The first kappa shape index (κ1) is 9.67. The number of hydrogen-bond donors (Lipinski definition) is 1. The first-order chi connectivity index (χ1) is 6.58. The largest absolute Gasteiger partial charge is 0.430 e. The summed E-state index contributed by atoms with van der Waals surface area (Å²) in [5.74, 6) is -0.399. The van der Waals surface area contributed by atoms with Crippen LogP contribution >= 0.6 is 27.3 Å². The number of thiophene rings is 1. The maximum Gasteiger partial charge on any atom is 0.415 e. The molecule has 1 aromatic heterocycles. The van der Waals surface area contributed by atoms with E-state index in [2.05, 4.69) is 21.2 Å². The highest BCUT2D eigenvalue weighted by Gasteiger charge is 2.34. The van der Waals surface area contributed by atoms with E-state index >= 15 is 0 Å². The SMILES string of the molecule is Cc1sc(C2OC(=O)NC2=O)cc1Br. The van der Waals surface area contributed by atoms with Crippen molar-refractivity contribution in [3.8, 4) is 0 Å². The van der Waals surface area contributed by atoms with Gasteiger partial charge in [-0.15, -0.1) is 11.3 Å². The third-order valence-corrected chi connectivity index (χ3v) is 4.00. The second-order valence-electron chi connectivity index (χ2n) is 2.83. The number of carbonyl (C=O) groups excluding carboxylic acids is 2. The van der Waals surface area contributed by atoms with E-state index in [0.717, 1.165) is 14.2 Å². The predicted molar refractivity (Wildman–Crippen MR) is 54.1 cm³/mol. The summed E-state index contributed by atoms with van der Waals surface area (Å²) in [4.78, 5) is 23.8. The van der Waals surface area contributed by atoms with Gasteiger partial charge in [0.25, 0.3) is 5.91 Å². The van der Waals surface area contributed by atoms with Gasteiger partial charge in [-0.1, -0.05) is 0 Å². The Morgan fingerprint density at radius 1 is 1.57 bits per heavy atom. The highest BCUT2D eigenvalue weighted by molar-refractivity contribution is 9.10. The van der Waals surface area contributed by atoms with E-state index in [0.29, 0.717) is 0 Å². The summed E-state index contributed by atoms with van der Waals surface area (Å²) >= 11 is 4.77. The van der Waals surface area contributed by atoms with Gasteiger partial charge in [0.2, 0.25) is 6.10 Å². The molecular weight excluding hydrogens is 270 g/mol. The van der Waals surface area contributed by atoms with E-state index < -0.39 is 18.1 Å². The average molecular weight is 276 g/mol. The predicted octanol–water partition coefficient (Wildman–Crippen LogP) is 2.13. The Hall–Kier alpha value is -0.880. The van der Waals surface area contributed by atoms with Crippen molar-refractivity contribution >= 4 is 39.3 Å². The van der Waals surface area contributed by atoms with E-state index in [4.69, 9.17) is 4.74 Å². The fraction of sp³-hybridized carbons (Fsp3) is 0.250. The molecule has 0 aliphatic carbocycles. The van der Waals surface area contributed by atoms with E-state index in [9.17, 15) is 9.59 Å². The Morgan fingerprint density at radius 2 is 2.29 bits per heavy atom. The van der Waals surface area contributed by atoms with Crippen molar-refractivity contribution in [1.82, 2.24) is 5.32 Å². The summed E-state index contributed by atoms with van der Waals surface area (Å²) in [5.41, 5.74) is 0. The van der Waals surface area contributed by atoms with Crippen LogP contribution in [0.5, 0.6) is 0 Å². The molecule has 1 unspecified atom stereocenters. The summed E-state index contributed by atoms with van der Waals surface area (Å²) in [6.07, 6.45) is -1.46. The molecule has 2 amide bonds. The highest BCUT2D eigenvalue weighted by atomic mass is 79.9. The zero-order valence-corrected chi connectivity index (χ0v) is 9.57. The molecule has 1 N–H and O–H groups in total. The molecule has 1 saturated heterocycles. The molecule has 6 heteroatoms. The molecule has 1 aliphatic heterocycles. The van der Waals surface area contributed by atoms with Gasteiger partial charge in [0, 0.05) is 9.35 Å². The lowest BCUT2D eigenvalue weighted by Gasteiger charge is -2.00. The number of ether oxygens (including phenoxy) is 1. The molecule has 0 saturated carbocycles. The van der Waals surface area contributed by atoms with E-state index in [1.165, 1.54) is 11.3 Å². The average Bonchev–Trinajstić information content (AvgIpc) is 2.57. The van der Waals surface area contributed by atoms with Gasteiger partial charge in [0.05, 0.1) is 4.88 Å². The Kier molecular flexibility index (Phi) is 2.32. The first-order valence-electron chi connectivity index (χ1n) is 3.85. The molecule has 0 aromatic carbocycles. The summed E-state index contributed by atoms with van der Waals surface area (Å²) in [6.45, 7) is 1.92. The first-order valence-corrected chi connectivity index (χ1v) is 5.46.